The third kappa shape index (κ3) is 8.34. The van der Waals surface area contributed by atoms with Gasteiger partial charge in [-0.25, -0.2) is 0 Å². The first-order valence-electron chi connectivity index (χ1n) is 10.0. The second-order valence-corrected chi connectivity index (χ2v) is 7.99. The number of nitrogens with one attached hydrogen (secondary N) is 2. The number of hydrogen-bond acceptors (Lipinski definition) is 4. The summed E-state index contributed by atoms with van der Waals surface area (Å²) in [5.74, 6) is 1.89. The molecule has 164 valence electrons. The number of alkyl halides is 3. The average molecular weight is 432 g/mol. The summed E-state index contributed by atoms with van der Waals surface area (Å²) in [5, 5.41) is 6.60. The van der Waals surface area contributed by atoms with E-state index in [1.54, 1.807) is 24.9 Å². The normalized spacial score (nSPS) is 16.2. The first kappa shape index (κ1) is 23.7. The summed E-state index contributed by atoms with van der Waals surface area (Å²) >= 11 is 1.80. The van der Waals surface area contributed by atoms with Gasteiger partial charge in [0.2, 0.25) is 0 Å². The van der Waals surface area contributed by atoms with Crippen LogP contribution in [0, 0.1) is 0 Å². The molecular formula is C20H32F3N5S. The van der Waals surface area contributed by atoms with E-state index in [1.807, 2.05) is 4.90 Å². The number of guanidine groups is 1. The van der Waals surface area contributed by atoms with Crippen LogP contribution in [-0.4, -0.2) is 75.7 Å². The van der Waals surface area contributed by atoms with E-state index in [-0.39, 0.29) is 0 Å². The number of hydrogen-bond donors (Lipinski definition) is 2. The summed E-state index contributed by atoms with van der Waals surface area (Å²) in [4.78, 5) is 8.63. The van der Waals surface area contributed by atoms with Gasteiger partial charge in [0, 0.05) is 57.8 Å². The van der Waals surface area contributed by atoms with Gasteiger partial charge in [0.1, 0.15) is 0 Å². The second-order valence-electron chi connectivity index (χ2n) is 7.00. The molecule has 1 heterocycles. The standard InChI is InChI=1S/C20H32F3N5S/c1-24-19(26-9-15-29-2)25-8-3-4-10-27-11-13-28(14-12-27)18-7-5-6-17(16-18)20(21,22)23/h5-7,16H,3-4,8-15H2,1-2H3,(H2,24,25,26). The average Bonchev–Trinajstić information content (AvgIpc) is 2.72. The van der Waals surface area contributed by atoms with Gasteiger partial charge in [-0.3, -0.25) is 9.89 Å². The van der Waals surface area contributed by atoms with E-state index in [9.17, 15) is 13.2 Å². The minimum absolute atomic E-state index is 0.581. The monoisotopic (exact) mass is 431 g/mol. The molecule has 1 saturated heterocycles. The lowest BCUT2D eigenvalue weighted by atomic mass is 10.1. The first-order valence-corrected chi connectivity index (χ1v) is 11.4. The maximum atomic E-state index is 12.9. The predicted molar refractivity (Wildman–Crippen MR) is 117 cm³/mol. The van der Waals surface area contributed by atoms with Crippen LogP contribution in [-0.2, 0) is 6.18 Å². The molecule has 0 atom stereocenters. The minimum atomic E-state index is -4.29. The highest BCUT2D eigenvalue weighted by Crippen LogP contribution is 2.31. The van der Waals surface area contributed by atoms with Crippen LogP contribution in [0.5, 0.6) is 0 Å². The Morgan fingerprint density at radius 3 is 2.48 bits per heavy atom. The van der Waals surface area contributed by atoms with Crippen molar-refractivity contribution in [2.75, 3.05) is 69.8 Å². The Labute approximate surface area is 176 Å². The number of unbranched alkanes of at least 4 members (excludes halogenated alkanes) is 1. The summed E-state index contributed by atoms with van der Waals surface area (Å²) in [6, 6.07) is 5.63. The van der Waals surface area contributed by atoms with Crippen molar-refractivity contribution in [1.82, 2.24) is 15.5 Å². The van der Waals surface area contributed by atoms with E-state index in [0.29, 0.717) is 5.69 Å². The summed E-state index contributed by atoms with van der Waals surface area (Å²) < 4.78 is 38.7. The highest BCUT2D eigenvalue weighted by molar-refractivity contribution is 7.98. The molecule has 0 unspecified atom stereocenters. The lowest BCUT2D eigenvalue weighted by Crippen LogP contribution is -2.46. The first-order chi connectivity index (χ1) is 13.9. The van der Waals surface area contributed by atoms with Crippen molar-refractivity contribution in [1.29, 1.82) is 0 Å². The van der Waals surface area contributed by atoms with Crippen molar-refractivity contribution < 1.29 is 13.2 Å². The Bertz CT molecular complexity index is 631. The number of benzene rings is 1. The topological polar surface area (TPSA) is 42.9 Å². The highest BCUT2D eigenvalue weighted by atomic mass is 32.2. The van der Waals surface area contributed by atoms with E-state index in [1.165, 1.54) is 12.1 Å². The SMILES string of the molecule is CN=C(NCCCCN1CCN(c2cccc(C(F)(F)F)c2)CC1)NCCSC. The van der Waals surface area contributed by atoms with Gasteiger partial charge < -0.3 is 15.5 Å². The Balaban J connectivity index is 1.64. The molecule has 0 amide bonds. The van der Waals surface area contributed by atoms with Crippen LogP contribution in [0.25, 0.3) is 0 Å². The number of anilines is 1. The number of thioether (sulfide) groups is 1. The number of rotatable bonds is 9. The van der Waals surface area contributed by atoms with E-state index in [2.05, 4.69) is 26.8 Å². The zero-order valence-corrected chi connectivity index (χ0v) is 18.1. The van der Waals surface area contributed by atoms with Crippen LogP contribution in [0.3, 0.4) is 0 Å². The van der Waals surface area contributed by atoms with Crippen molar-refractivity contribution >= 4 is 23.4 Å². The van der Waals surface area contributed by atoms with Crippen molar-refractivity contribution in [2.45, 2.75) is 19.0 Å². The van der Waals surface area contributed by atoms with Gasteiger partial charge >= 0.3 is 6.18 Å². The summed E-state index contributed by atoms with van der Waals surface area (Å²) in [6.45, 7) is 6.05. The van der Waals surface area contributed by atoms with Gasteiger partial charge in [0.15, 0.2) is 5.96 Å². The van der Waals surface area contributed by atoms with Crippen molar-refractivity contribution in [3.63, 3.8) is 0 Å². The zero-order valence-electron chi connectivity index (χ0n) is 17.3. The molecule has 0 radical (unpaired) electrons. The molecule has 0 aliphatic carbocycles. The lowest BCUT2D eigenvalue weighted by molar-refractivity contribution is -0.137. The molecule has 0 aromatic heterocycles. The summed E-state index contributed by atoms with van der Waals surface area (Å²) in [5.41, 5.74) is 0.0758. The van der Waals surface area contributed by atoms with E-state index < -0.39 is 11.7 Å². The maximum absolute atomic E-state index is 12.9. The molecule has 2 N–H and O–H groups in total. The predicted octanol–water partition coefficient (Wildman–Crippen LogP) is 3.14. The smallest absolute Gasteiger partial charge is 0.369 e. The highest BCUT2D eigenvalue weighted by Gasteiger charge is 2.31. The third-order valence-corrected chi connectivity index (χ3v) is 5.54. The summed E-state index contributed by atoms with van der Waals surface area (Å²) in [6.07, 6.45) is -0.0779. The number of nitrogens with zero attached hydrogens (tertiary/aromatic N) is 3. The van der Waals surface area contributed by atoms with Crippen molar-refractivity contribution in [2.24, 2.45) is 4.99 Å². The fourth-order valence-corrected chi connectivity index (χ4v) is 3.57. The van der Waals surface area contributed by atoms with Crippen LogP contribution >= 0.6 is 11.8 Å². The Morgan fingerprint density at radius 2 is 1.83 bits per heavy atom. The van der Waals surface area contributed by atoms with Gasteiger partial charge in [0.05, 0.1) is 5.56 Å². The number of aliphatic imine (C=N–C) groups is 1. The molecule has 0 saturated carbocycles. The molecule has 29 heavy (non-hydrogen) atoms. The molecule has 1 fully saturated rings. The molecule has 5 nitrogen and oxygen atoms in total. The van der Waals surface area contributed by atoms with Crippen LogP contribution in [0.2, 0.25) is 0 Å². The fourth-order valence-electron chi connectivity index (χ4n) is 3.27. The molecule has 0 spiro atoms. The van der Waals surface area contributed by atoms with Crippen LogP contribution in [0.4, 0.5) is 18.9 Å². The second kappa shape index (κ2) is 12.2. The van der Waals surface area contributed by atoms with Crippen molar-refractivity contribution in [3.05, 3.63) is 29.8 Å². The maximum Gasteiger partial charge on any atom is 0.416 e. The largest absolute Gasteiger partial charge is 0.416 e. The van der Waals surface area contributed by atoms with Crippen LogP contribution in [0.1, 0.15) is 18.4 Å². The summed E-state index contributed by atoms with van der Waals surface area (Å²) in [7, 11) is 1.78. The minimum Gasteiger partial charge on any atom is -0.369 e. The molecular weight excluding hydrogens is 399 g/mol. The van der Waals surface area contributed by atoms with E-state index in [0.717, 1.165) is 76.4 Å². The molecule has 2 rings (SSSR count). The van der Waals surface area contributed by atoms with E-state index in [4.69, 9.17) is 0 Å². The fraction of sp³-hybridized carbons (Fsp3) is 0.650. The molecule has 0 bridgehead atoms. The molecule has 9 heteroatoms. The van der Waals surface area contributed by atoms with Gasteiger partial charge in [-0.1, -0.05) is 6.07 Å². The van der Waals surface area contributed by atoms with E-state index >= 15 is 0 Å². The Kier molecular flexibility index (Phi) is 9.93. The lowest BCUT2D eigenvalue weighted by Gasteiger charge is -2.36. The molecule has 1 aliphatic heterocycles. The van der Waals surface area contributed by atoms with Gasteiger partial charge in [0.25, 0.3) is 0 Å². The van der Waals surface area contributed by atoms with Crippen LogP contribution in [0.15, 0.2) is 29.3 Å². The van der Waals surface area contributed by atoms with Crippen molar-refractivity contribution in [3.8, 4) is 0 Å². The molecule has 1 aromatic rings. The Hall–Kier alpha value is -1.61. The van der Waals surface area contributed by atoms with Gasteiger partial charge in [-0.05, 0) is 43.8 Å². The van der Waals surface area contributed by atoms with Crippen LogP contribution < -0.4 is 15.5 Å². The quantitative estimate of drug-likeness (QED) is 0.357. The number of halogens is 3. The number of piperazine rings is 1. The van der Waals surface area contributed by atoms with Gasteiger partial charge in [-0.2, -0.15) is 24.9 Å². The molecule has 1 aliphatic rings. The molecule has 1 aromatic carbocycles. The van der Waals surface area contributed by atoms with Gasteiger partial charge in [-0.15, -0.1) is 0 Å². The third-order valence-electron chi connectivity index (χ3n) is 4.93. The Morgan fingerprint density at radius 1 is 1.10 bits per heavy atom. The zero-order chi connectivity index (χ0) is 21.1.